The second-order valence-corrected chi connectivity index (χ2v) is 7.30. The molecule has 116 valence electrons. The van der Waals surface area contributed by atoms with Crippen LogP contribution in [0.4, 0.5) is 4.79 Å². The maximum atomic E-state index is 12.2. The Balaban J connectivity index is 2.10. The summed E-state index contributed by atoms with van der Waals surface area (Å²) in [6, 6.07) is 7.32. The predicted octanol–water partition coefficient (Wildman–Crippen LogP) is 3.88. The van der Waals surface area contributed by atoms with Gasteiger partial charge in [-0.2, -0.15) is 0 Å². The van der Waals surface area contributed by atoms with Crippen LogP contribution in [0.25, 0.3) is 0 Å². The zero-order valence-electron chi connectivity index (χ0n) is 12.7. The molecule has 0 aliphatic carbocycles. The van der Waals surface area contributed by atoms with Gasteiger partial charge in [0, 0.05) is 11.0 Å². The molecule has 21 heavy (non-hydrogen) atoms. The van der Waals surface area contributed by atoms with Crippen LogP contribution in [0.5, 0.6) is 0 Å². The van der Waals surface area contributed by atoms with E-state index < -0.39 is 11.7 Å². The quantitative estimate of drug-likeness (QED) is 0.875. The van der Waals surface area contributed by atoms with Gasteiger partial charge in [0.25, 0.3) is 0 Å². The van der Waals surface area contributed by atoms with Crippen LogP contribution in [0, 0.1) is 0 Å². The van der Waals surface area contributed by atoms with Crippen molar-refractivity contribution in [2.24, 2.45) is 0 Å². The van der Waals surface area contributed by atoms with Crippen molar-refractivity contribution in [1.29, 1.82) is 0 Å². The lowest BCUT2D eigenvalue weighted by molar-refractivity contribution is 0.00490. The first-order valence-corrected chi connectivity index (χ1v) is 8.00. The van der Waals surface area contributed by atoms with E-state index in [9.17, 15) is 9.90 Å². The average molecular weight is 356 g/mol. The first-order valence-electron chi connectivity index (χ1n) is 7.21. The summed E-state index contributed by atoms with van der Waals surface area (Å²) in [5.74, 6) is 0. The number of carbonyl (C=O) groups is 1. The summed E-state index contributed by atoms with van der Waals surface area (Å²) in [6.45, 7) is 6.18. The third kappa shape index (κ3) is 4.20. The molecule has 4 nitrogen and oxygen atoms in total. The lowest BCUT2D eigenvalue weighted by Gasteiger charge is -2.31. The van der Waals surface area contributed by atoms with E-state index in [0.717, 1.165) is 22.9 Å². The van der Waals surface area contributed by atoms with Gasteiger partial charge in [-0.25, -0.2) is 4.79 Å². The lowest BCUT2D eigenvalue weighted by atomic mass is 10.0. The smallest absolute Gasteiger partial charge is 0.410 e. The molecule has 0 spiro atoms. The Bertz CT molecular complexity index is 495. The summed E-state index contributed by atoms with van der Waals surface area (Å²) in [7, 11) is 0. The summed E-state index contributed by atoms with van der Waals surface area (Å²) >= 11 is 3.38. The highest BCUT2D eigenvalue weighted by molar-refractivity contribution is 9.10. The van der Waals surface area contributed by atoms with E-state index in [0.29, 0.717) is 6.54 Å². The minimum atomic E-state index is -0.687. The van der Waals surface area contributed by atoms with Crippen LogP contribution in [0.2, 0.25) is 0 Å². The van der Waals surface area contributed by atoms with Gasteiger partial charge < -0.3 is 14.7 Å². The molecule has 1 heterocycles. The zero-order chi connectivity index (χ0) is 15.6. The minimum Gasteiger partial charge on any atom is -0.444 e. The Labute approximate surface area is 134 Å². The van der Waals surface area contributed by atoms with Crippen LogP contribution >= 0.6 is 15.9 Å². The molecule has 1 saturated heterocycles. The summed E-state index contributed by atoms with van der Waals surface area (Å²) in [4.78, 5) is 13.9. The lowest BCUT2D eigenvalue weighted by Crippen LogP contribution is -2.42. The van der Waals surface area contributed by atoms with Gasteiger partial charge in [0.1, 0.15) is 5.60 Å². The van der Waals surface area contributed by atoms with E-state index in [1.165, 1.54) is 0 Å². The molecule has 1 amide bonds. The highest BCUT2D eigenvalue weighted by atomic mass is 79.9. The Morgan fingerprint density at radius 2 is 2.00 bits per heavy atom. The van der Waals surface area contributed by atoms with Gasteiger partial charge in [-0.3, -0.25) is 0 Å². The molecule has 1 aromatic carbocycles. The number of carbonyl (C=O) groups excluding carboxylic acids is 1. The van der Waals surface area contributed by atoms with Crippen molar-refractivity contribution in [1.82, 2.24) is 4.90 Å². The fourth-order valence-electron chi connectivity index (χ4n) is 2.55. The predicted molar refractivity (Wildman–Crippen MR) is 85.1 cm³/mol. The van der Waals surface area contributed by atoms with E-state index in [4.69, 9.17) is 4.74 Å². The van der Waals surface area contributed by atoms with Crippen LogP contribution < -0.4 is 0 Å². The van der Waals surface area contributed by atoms with E-state index in [1.54, 1.807) is 4.90 Å². The molecule has 0 aromatic heterocycles. The van der Waals surface area contributed by atoms with Gasteiger partial charge in [-0.15, -0.1) is 0 Å². The number of aliphatic hydroxyl groups is 1. The van der Waals surface area contributed by atoms with Crippen molar-refractivity contribution in [3.05, 3.63) is 34.3 Å². The van der Waals surface area contributed by atoms with E-state index in [1.807, 2.05) is 45.0 Å². The molecule has 0 saturated carbocycles. The number of nitrogens with zero attached hydrogens (tertiary/aromatic N) is 1. The highest BCUT2D eigenvalue weighted by Gasteiger charge is 2.36. The summed E-state index contributed by atoms with van der Waals surface area (Å²) < 4.78 is 6.39. The Morgan fingerprint density at radius 3 is 2.57 bits per heavy atom. The monoisotopic (exact) mass is 355 g/mol. The van der Waals surface area contributed by atoms with Gasteiger partial charge in [-0.05, 0) is 51.3 Å². The molecule has 1 aliphatic heterocycles. The largest absolute Gasteiger partial charge is 0.444 e. The third-order valence-corrected chi connectivity index (χ3v) is 4.03. The number of benzene rings is 1. The van der Waals surface area contributed by atoms with E-state index >= 15 is 0 Å². The average Bonchev–Trinajstić information content (AvgIpc) is 2.86. The molecule has 2 rings (SSSR count). The summed E-state index contributed by atoms with van der Waals surface area (Å²) in [6.07, 6.45) is 0.642. The fourth-order valence-corrected chi connectivity index (χ4v) is 2.81. The molecular formula is C16H22BrNO3. The second kappa shape index (κ2) is 6.36. The maximum absolute atomic E-state index is 12.2. The van der Waals surface area contributed by atoms with Gasteiger partial charge in [0.15, 0.2) is 0 Å². The Hall–Kier alpha value is -1.07. The van der Waals surface area contributed by atoms with Crippen molar-refractivity contribution in [2.45, 2.75) is 51.4 Å². The first-order chi connectivity index (χ1) is 9.78. The van der Waals surface area contributed by atoms with Crippen molar-refractivity contribution >= 4 is 22.0 Å². The number of amides is 1. The normalized spacial score (nSPS) is 20.4. The molecule has 1 fully saturated rings. The molecule has 1 unspecified atom stereocenters. The number of hydrogen-bond donors (Lipinski definition) is 1. The molecule has 2 atom stereocenters. The number of aliphatic hydroxyl groups excluding tert-OH is 1. The summed E-state index contributed by atoms with van der Waals surface area (Å²) in [5, 5.41) is 10.6. The molecular weight excluding hydrogens is 334 g/mol. The molecule has 1 N–H and O–H groups in total. The fraction of sp³-hybridized carbons (Fsp3) is 0.562. The van der Waals surface area contributed by atoms with Gasteiger partial charge in [0.2, 0.25) is 0 Å². The van der Waals surface area contributed by atoms with Crippen molar-refractivity contribution in [3.8, 4) is 0 Å². The number of ether oxygens (including phenoxy) is 1. The van der Waals surface area contributed by atoms with E-state index in [-0.39, 0.29) is 12.1 Å². The van der Waals surface area contributed by atoms with Crippen molar-refractivity contribution in [2.75, 3.05) is 6.54 Å². The van der Waals surface area contributed by atoms with Gasteiger partial charge in [-0.1, -0.05) is 28.1 Å². The van der Waals surface area contributed by atoms with Gasteiger partial charge in [0.05, 0.1) is 12.1 Å². The number of likely N-dealkylation sites (tertiary alicyclic amines) is 1. The Kier molecular flexibility index (Phi) is 4.94. The summed E-state index contributed by atoms with van der Waals surface area (Å²) in [5.41, 5.74) is 0.297. The number of rotatable bonds is 2. The maximum Gasteiger partial charge on any atom is 0.410 e. The number of hydrogen-bond acceptors (Lipinski definition) is 3. The van der Waals surface area contributed by atoms with Crippen LogP contribution in [0.15, 0.2) is 28.7 Å². The van der Waals surface area contributed by atoms with Crippen LogP contribution in [0.3, 0.4) is 0 Å². The minimum absolute atomic E-state index is 0.221. The SMILES string of the molecule is CC(C)(C)OC(=O)N1CCC[C@H]1C(O)c1ccc(Br)cc1. The highest BCUT2D eigenvalue weighted by Crippen LogP contribution is 2.31. The topological polar surface area (TPSA) is 49.8 Å². The zero-order valence-corrected chi connectivity index (χ0v) is 14.3. The van der Waals surface area contributed by atoms with E-state index in [2.05, 4.69) is 15.9 Å². The molecule has 5 heteroatoms. The van der Waals surface area contributed by atoms with Crippen molar-refractivity contribution in [3.63, 3.8) is 0 Å². The first kappa shape index (κ1) is 16.3. The third-order valence-electron chi connectivity index (χ3n) is 3.50. The second-order valence-electron chi connectivity index (χ2n) is 6.38. The Morgan fingerprint density at radius 1 is 1.38 bits per heavy atom. The molecule has 0 bridgehead atoms. The number of halogens is 1. The molecule has 1 aromatic rings. The van der Waals surface area contributed by atoms with Crippen LogP contribution in [0.1, 0.15) is 45.3 Å². The van der Waals surface area contributed by atoms with Crippen molar-refractivity contribution < 1.29 is 14.6 Å². The van der Waals surface area contributed by atoms with Crippen LogP contribution in [-0.4, -0.2) is 34.3 Å². The van der Waals surface area contributed by atoms with Gasteiger partial charge >= 0.3 is 6.09 Å². The molecule has 1 aliphatic rings. The van der Waals surface area contributed by atoms with Crippen LogP contribution in [-0.2, 0) is 4.74 Å². The molecule has 0 radical (unpaired) electrons. The standard InChI is InChI=1S/C16H22BrNO3/c1-16(2,3)21-15(20)18-10-4-5-13(18)14(19)11-6-8-12(17)9-7-11/h6-9,13-14,19H,4-5,10H2,1-3H3/t13-,14?/m0/s1.